The van der Waals surface area contributed by atoms with E-state index in [1.807, 2.05) is 42.1 Å². The Morgan fingerprint density at radius 2 is 1.90 bits per heavy atom. The standard InChI is InChI=1S/C16H19N3O/c1-19-9-8-12(11-19)10-17-14-4-6-15(7-5-14)18-16(20)13-2-3-13/h4-9,11,13,17H,2-3,10H2,1H3,(H,18,20). The average molecular weight is 269 g/mol. The van der Waals surface area contributed by atoms with Gasteiger partial charge in [0.05, 0.1) is 0 Å². The van der Waals surface area contributed by atoms with Gasteiger partial charge in [-0.05, 0) is 48.7 Å². The van der Waals surface area contributed by atoms with Gasteiger partial charge in [-0.15, -0.1) is 0 Å². The van der Waals surface area contributed by atoms with E-state index in [1.54, 1.807) is 0 Å². The Morgan fingerprint density at radius 1 is 1.20 bits per heavy atom. The van der Waals surface area contributed by atoms with Crippen LogP contribution in [0.5, 0.6) is 0 Å². The van der Waals surface area contributed by atoms with Crippen molar-refractivity contribution in [2.75, 3.05) is 10.6 Å². The first-order valence-corrected chi connectivity index (χ1v) is 6.96. The number of nitrogens with zero attached hydrogens (tertiary/aromatic N) is 1. The molecule has 1 heterocycles. The molecule has 0 spiro atoms. The Kier molecular flexibility index (Phi) is 3.46. The summed E-state index contributed by atoms with van der Waals surface area (Å²) < 4.78 is 2.04. The monoisotopic (exact) mass is 269 g/mol. The molecule has 1 fully saturated rings. The Hall–Kier alpha value is -2.23. The van der Waals surface area contributed by atoms with E-state index in [4.69, 9.17) is 0 Å². The minimum Gasteiger partial charge on any atom is -0.381 e. The molecule has 1 aromatic carbocycles. The zero-order valence-corrected chi connectivity index (χ0v) is 11.6. The highest BCUT2D eigenvalue weighted by atomic mass is 16.2. The highest BCUT2D eigenvalue weighted by Gasteiger charge is 2.29. The second-order valence-electron chi connectivity index (χ2n) is 5.38. The molecule has 1 aliphatic carbocycles. The summed E-state index contributed by atoms with van der Waals surface area (Å²) in [5, 5.41) is 6.30. The summed E-state index contributed by atoms with van der Waals surface area (Å²) in [6.45, 7) is 0.800. The van der Waals surface area contributed by atoms with Crippen LogP contribution in [0.4, 0.5) is 11.4 Å². The third-order valence-electron chi connectivity index (χ3n) is 3.49. The van der Waals surface area contributed by atoms with E-state index in [9.17, 15) is 4.79 Å². The fourth-order valence-electron chi connectivity index (χ4n) is 2.13. The molecule has 0 unspecified atom stereocenters. The van der Waals surface area contributed by atoms with Gasteiger partial charge in [-0.25, -0.2) is 0 Å². The molecule has 1 aromatic heterocycles. The second kappa shape index (κ2) is 5.41. The zero-order chi connectivity index (χ0) is 13.9. The van der Waals surface area contributed by atoms with Gasteiger partial charge in [0, 0.05) is 43.3 Å². The Balaban J connectivity index is 1.54. The first-order chi connectivity index (χ1) is 9.70. The Morgan fingerprint density at radius 3 is 2.50 bits per heavy atom. The molecule has 3 rings (SSSR count). The van der Waals surface area contributed by atoms with Crippen molar-refractivity contribution in [2.24, 2.45) is 13.0 Å². The van der Waals surface area contributed by atoms with E-state index in [0.29, 0.717) is 0 Å². The van der Waals surface area contributed by atoms with Gasteiger partial charge < -0.3 is 15.2 Å². The van der Waals surface area contributed by atoms with E-state index in [0.717, 1.165) is 30.8 Å². The van der Waals surface area contributed by atoms with Gasteiger partial charge in [0.15, 0.2) is 0 Å². The second-order valence-corrected chi connectivity index (χ2v) is 5.38. The van der Waals surface area contributed by atoms with Gasteiger partial charge in [-0.3, -0.25) is 4.79 Å². The minimum absolute atomic E-state index is 0.148. The maximum Gasteiger partial charge on any atom is 0.227 e. The minimum atomic E-state index is 0.148. The van der Waals surface area contributed by atoms with Crippen LogP contribution in [0.15, 0.2) is 42.7 Å². The normalized spacial score (nSPS) is 14.1. The fraction of sp³-hybridized carbons (Fsp3) is 0.312. The molecule has 2 aromatic rings. The highest BCUT2D eigenvalue weighted by Crippen LogP contribution is 2.30. The van der Waals surface area contributed by atoms with E-state index >= 15 is 0 Å². The van der Waals surface area contributed by atoms with Crippen LogP contribution < -0.4 is 10.6 Å². The molecule has 1 saturated carbocycles. The summed E-state index contributed by atoms with van der Waals surface area (Å²) in [6.07, 6.45) is 6.19. The number of carbonyl (C=O) groups is 1. The molecule has 1 aliphatic rings. The summed E-state index contributed by atoms with van der Waals surface area (Å²) in [6, 6.07) is 9.95. The van der Waals surface area contributed by atoms with Gasteiger partial charge in [0.2, 0.25) is 5.91 Å². The van der Waals surface area contributed by atoms with Crippen LogP contribution in [0.1, 0.15) is 18.4 Å². The van der Waals surface area contributed by atoms with Crippen LogP contribution in [-0.4, -0.2) is 10.5 Å². The van der Waals surface area contributed by atoms with Crippen LogP contribution in [0.2, 0.25) is 0 Å². The molecular formula is C16H19N3O. The van der Waals surface area contributed by atoms with Gasteiger partial charge in [0.1, 0.15) is 0 Å². The number of aryl methyl sites for hydroxylation is 1. The molecule has 1 amide bonds. The Bertz CT molecular complexity index is 596. The molecule has 0 bridgehead atoms. The lowest BCUT2D eigenvalue weighted by Crippen LogP contribution is -2.13. The van der Waals surface area contributed by atoms with Gasteiger partial charge in [-0.1, -0.05) is 0 Å². The lowest BCUT2D eigenvalue weighted by molar-refractivity contribution is -0.117. The van der Waals surface area contributed by atoms with Crippen molar-refractivity contribution in [3.63, 3.8) is 0 Å². The lowest BCUT2D eigenvalue weighted by atomic mass is 10.2. The predicted molar refractivity (Wildman–Crippen MR) is 80.5 cm³/mol. The Labute approximate surface area is 118 Å². The molecule has 0 radical (unpaired) electrons. The van der Waals surface area contributed by atoms with Gasteiger partial charge in [-0.2, -0.15) is 0 Å². The van der Waals surface area contributed by atoms with E-state index in [1.165, 1.54) is 5.56 Å². The molecule has 0 saturated heterocycles. The molecular weight excluding hydrogens is 250 g/mol. The number of aromatic nitrogens is 1. The predicted octanol–water partition coefficient (Wildman–Crippen LogP) is 2.99. The summed E-state index contributed by atoms with van der Waals surface area (Å²) in [4.78, 5) is 11.6. The third-order valence-corrected chi connectivity index (χ3v) is 3.49. The van der Waals surface area contributed by atoms with Crippen LogP contribution >= 0.6 is 0 Å². The van der Waals surface area contributed by atoms with Crippen molar-refractivity contribution in [1.82, 2.24) is 4.57 Å². The fourth-order valence-corrected chi connectivity index (χ4v) is 2.13. The van der Waals surface area contributed by atoms with Crippen molar-refractivity contribution in [3.05, 3.63) is 48.3 Å². The van der Waals surface area contributed by atoms with Crippen molar-refractivity contribution in [2.45, 2.75) is 19.4 Å². The molecule has 20 heavy (non-hydrogen) atoms. The van der Waals surface area contributed by atoms with Crippen LogP contribution in [0, 0.1) is 5.92 Å². The number of hydrogen-bond donors (Lipinski definition) is 2. The van der Waals surface area contributed by atoms with E-state index < -0.39 is 0 Å². The lowest BCUT2D eigenvalue weighted by Gasteiger charge is -2.07. The summed E-state index contributed by atoms with van der Waals surface area (Å²) in [5.41, 5.74) is 3.17. The molecule has 104 valence electrons. The van der Waals surface area contributed by atoms with Crippen LogP contribution in [-0.2, 0) is 18.4 Å². The van der Waals surface area contributed by atoms with Gasteiger partial charge >= 0.3 is 0 Å². The first kappa shape index (κ1) is 12.8. The van der Waals surface area contributed by atoms with Crippen LogP contribution in [0.3, 0.4) is 0 Å². The summed E-state index contributed by atoms with van der Waals surface area (Å²) >= 11 is 0. The van der Waals surface area contributed by atoms with Crippen molar-refractivity contribution in [1.29, 1.82) is 0 Å². The van der Waals surface area contributed by atoms with Crippen molar-refractivity contribution < 1.29 is 4.79 Å². The maximum absolute atomic E-state index is 11.6. The number of carbonyl (C=O) groups excluding carboxylic acids is 1. The molecule has 2 N–H and O–H groups in total. The smallest absolute Gasteiger partial charge is 0.227 e. The van der Waals surface area contributed by atoms with E-state index in [-0.39, 0.29) is 11.8 Å². The molecule has 0 atom stereocenters. The van der Waals surface area contributed by atoms with Crippen molar-refractivity contribution in [3.8, 4) is 0 Å². The van der Waals surface area contributed by atoms with Crippen LogP contribution in [0.25, 0.3) is 0 Å². The largest absolute Gasteiger partial charge is 0.381 e. The SMILES string of the molecule is Cn1ccc(CNc2ccc(NC(=O)C3CC3)cc2)c1. The topological polar surface area (TPSA) is 46.1 Å². The third kappa shape index (κ3) is 3.20. The maximum atomic E-state index is 11.6. The number of benzene rings is 1. The quantitative estimate of drug-likeness (QED) is 0.876. The number of hydrogen-bond acceptors (Lipinski definition) is 2. The van der Waals surface area contributed by atoms with E-state index in [2.05, 4.69) is 22.9 Å². The van der Waals surface area contributed by atoms with Gasteiger partial charge in [0.25, 0.3) is 0 Å². The highest BCUT2D eigenvalue weighted by molar-refractivity contribution is 5.94. The summed E-state index contributed by atoms with van der Waals surface area (Å²) in [7, 11) is 2.01. The number of rotatable bonds is 5. The molecule has 4 heteroatoms. The average Bonchev–Trinajstić information content (AvgIpc) is 3.22. The summed E-state index contributed by atoms with van der Waals surface area (Å²) in [5.74, 6) is 0.390. The zero-order valence-electron chi connectivity index (χ0n) is 11.6. The molecule has 0 aliphatic heterocycles. The number of amides is 1. The van der Waals surface area contributed by atoms with Crippen molar-refractivity contribution >= 4 is 17.3 Å². The number of anilines is 2. The first-order valence-electron chi connectivity index (χ1n) is 6.96. The number of nitrogens with one attached hydrogen (secondary N) is 2. The molecule has 4 nitrogen and oxygen atoms in total.